The number of para-hydroxylation sites is 1. The van der Waals surface area contributed by atoms with E-state index in [2.05, 4.69) is 180 Å². The Morgan fingerprint density at radius 1 is 0.500 bits per heavy atom. The highest BCUT2D eigenvalue weighted by molar-refractivity contribution is 7.99. The maximum atomic E-state index is 5.55. The molecular weight excluding hydrogens is 719 g/mol. The molecule has 0 atom stereocenters. The van der Waals surface area contributed by atoms with Crippen LogP contribution in [0.15, 0.2) is 186 Å². The molecule has 1 aliphatic heterocycles. The van der Waals surface area contributed by atoms with Gasteiger partial charge in [-0.2, -0.15) is 0 Å². The molecule has 0 radical (unpaired) electrons. The number of aromatic nitrogens is 3. The molecule has 11 aromatic rings. The van der Waals surface area contributed by atoms with E-state index < -0.39 is 5.41 Å². The smallest absolute Gasteiger partial charge is 0.235 e. The molecule has 1 aliphatic carbocycles. The Hall–Kier alpha value is -6.53. The molecule has 5 heteroatoms. The minimum Gasteiger partial charge on any atom is -0.278 e. The highest BCUT2D eigenvalue weighted by atomic mass is 32.2. The summed E-state index contributed by atoms with van der Waals surface area (Å²) in [6, 6.07) is 64.5. The zero-order valence-corrected chi connectivity index (χ0v) is 31.5. The summed E-state index contributed by atoms with van der Waals surface area (Å²) in [6.07, 6.45) is 0. The molecular formula is C51H29N3S2. The minimum absolute atomic E-state index is 0.448. The molecule has 3 nitrogen and oxygen atoms in total. The van der Waals surface area contributed by atoms with Crippen LogP contribution in [0.4, 0.5) is 0 Å². The molecule has 0 saturated heterocycles. The molecule has 3 aromatic heterocycles. The summed E-state index contributed by atoms with van der Waals surface area (Å²) in [5.41, 5.74) is 12.8. The lowest BCUT2D eigenvalue weighted by molar-refractivity contribution is 0.726. The fraction of sp³-hybridized carbons (Fsp3) is 0.0196. The fourth-order valence-electron chi connectivity index (χ4n) is 9.79. The Bertz CT molecular complexity index is 3440. The molecule has 260 valence electrons. The van der Waals surface area contributed by atoms with Gasteiger partial charge in [-0.1, -0.05) is 157 Å². The molecule has 8 aromatic carbocycles. The largest absolute Gasteiger partial charge is 0.278 e. The van der Waals surface area contributed by atoms with Crippen molar-refractivity contribution < 1.29 is 0 Å². The van der Waals surface area contributed by atoms with Gasteiger partial charge >= 0.3 is 0 Å². The topological polar surface area (TPSA) is 30.7 Å². The Morgan fingerprint density at radius 2 is 1.18 bits per heavy atom. The van der Waals surface area contributed by atoms with E-state index in [0.717, 1.165) is 37.9 Å². The summed E-state index contributed by atoms with van der Waals surface area (Å²) >= 11 is 3.68. The first-order valence-corrected chi connectivity index (χ1v) is 20.6. The van der Waals surface area contributed by atoms with Gasteiger partial charge in [0.1, 0.15) is 0 Å². The van der Waals surface area contributed by atoms with Gasteiger partial charge in [0.2, 0.25) is 5.95 Å². The van der Waals surface area contributed by atoms with Crippen LogP contribution in [0.1, 0.15) is 22.3 Å². The van der Waals surface area contributed by atoms with E-state index in [0.29, 0.717) is 5.95 Å². The number of hydrogen-bond donors (Lipinski definition) is 0. The number of benzene rings is 8. The van der Waals surface area contributed by atoms with Crippen molar-refractivity contribution in [1.82, 2.24) is 14.5 Å². The highest BCUT2D eigenvalue weighted by Gasteiger charge is 2.50. The lowest BCUT2D eigenvalue weighted by Crippen LogP contribution is -2.32. The number of fused-ring (bicyclic) bond motifs is 17. The van der Waals surface area contributed by atoms with E-state index in [1.165, 1.54) is 69.4 Å². The molecule has 0 amide bonds. The van der Waals surface area contributed by atoms with Crippen molar-refractivity contribution in [3.05, 3.63) is 198 Å². The lowest BCUT2D eigenvalue weighted by atomic mass is 9.67. The van der Waals surface area contributed by atoms with Gasteiger partial charge in [-0.15, -0.1) is 11.3 Å². The summed E-state index contributed by atoms with van der Waals surface area (Å²) in [5, 5.41) is 6.01. The molecule has 13 rings (SSSR count). The average molecular weight is 748 g/mol. The third-order valence-electron chi connectivity index (χ3n) is 12.1. The van der Waals surface area contributed by atoms with Crippen LogP contribution in [0.3, 0.4) is 0 Å². The van der Waals surface area contributed by atoms with Gasteiger partial charge in [0.15, 0.2) is 0 Å². The monoisotopic (exact) mass is 747 g/mol. The Kier molecular flexibility index (Phi) is 6.19. The summed E-state index contributed by atoms with van der Waals surface area (Å²) in [5.74, 6) is 0.683. The first kappa shape index (κ1) is 30.8. The maximum Gasteiger partial charge on any atom is 0.235 e. The molecule has 56 heavy (non-hydrogen) atoms. The molecule has 4 heterocycles. The zero-order valence-electron chi connectivity index (χ0n) is 29.9. The lowest BCUT2D eigenvalue weighted by Gasteiger charge is -2.40. The van der Waals surface area contributed by atoms with Crippen LogP contribution >= 0.6 is 23.1 Å². The predicted octanol–water partition coefficient (Wildman–Crippen LogP) is 13.6. The highest BCUT2D eigenvalue weighted by Crippen LogP contribution is 2.63. The quantitative estimate of drug-likeness (QED) is 0.176. The maximum absolute atomic E-state index is 5.55. The van der Waals surface area contributed by atoms with Crippen molar-refractivity contribution >= 4 is 76.0 Å². The zero-order chi connectivity index (χ0) is 36.5. The normalized spacial score (nSPS) is 13.8. The van der Waals surface area contributed by atoms with E-state index in [1.54, 1.807) is 11.3 Å². The third-order valence-corrected chi connectivity index (χ3v) is 14.5. The van der Waals surface area contributed by atoms with Gasteiger partial charge < -0.3 is 0 Å². The number of nitrogens with zero attached hydrogens (tertiary/aromatic N) is 3. The molecule has 0 fully saturated rings. The van der Waals surface area contributed by atoms with Crippen LogP contribution in [0.2, 0.25) is 0 Å². The fourth-order valence-corrected chi connectivity index (χ4v) is 12.3. The van der Waals surface area contributed by atoms with Crippen molar-refractivity contribution in [2.45, 2.75) is 15.2 Å². The SMILES string of the molecule is c1ccc2c(c1)Sc1c(ccc3c1c1ccccc1n3-c1nc(-c3ccc4ccccc4c3)c3sc4ccccc4c3n1)C21c2ccccc2-c2ccccc21. The second-order valence-electron chi connectivity index (χ2n) is 14.8. The van der Waals surface area contributed by atoms with E-state index in [1.807, 2.05) is 11.8 Å². The third kappa shape index (κ3) is 3.93. The van der Waals surface area contributed by atoms with Gasteiger partial charge in [0.25, 0.3) is 0 Å². The van der Waals surface area contributed by atoms with Crippen LogP contribution in [0.25, 0.3) is 81.2 Å². The van der Waals surface area contributed by atoms with Gasteiger partial charge in [-0.25, -0.2) is 9.97 Å². The van der Waals surface area contributed by atoms with Crippen molar-refractivity contribution in [1.29, 1.82) is 0 Å². The predicted molar refractivity (Wildman–Crippen MR) is 234 cm³/mol. The molecule has 1 spiro atoms. The van der Waals surface area contributed by atoms with Crippen LogP contribution in [0, 0.1) is 0 Å². The Balaban J connectivity index is 1.14. The first-order chi connectivity index (χ1) is 27.8. The van der Waals surface area contributed by atoms with E-state index in [-0.39, 0.29) is 0 Å². The van der Waals surface area contributed by atoms with Gasteiger partial charge in [-0.3, -0.25) is 4.57 Å². The summed E-state index contributed by atoms with van der Waals surface area (Å²) in [6.45, 7) is 0. The molecule has 0 N–H and O–H groups in total. The van der Waals surface area contributed by atoms with Crippen LogP contribution in [-0.4, -0.2) is 14.5 Å². The second kappa shape index (κ2) is 11.3. The van der Waals surface area contributed by atoms with Crippen molar-refractivity contribution in [2.75, 3.05) is 0 Å². The summed E-state index contributed by atoms with van der Waals surface area (Å²) < 4.78 is 4.63. The molecule has 0 unspecified atom stereocenters. The van der Waals surface area contributed by atoms with Crippen molar-refractivity contribution in [3.8, 4) is 28.3 Å². The number of rotatable bonds is 2. The van der Waals surface area contributed by atoms with E-state index >= 15 is 0 Å². The van der Waals surface area contributed by atoms with Crippen LogP contribution in [0.5, 0.6) is 0 Å². The minimum atomic E-state index is -0.448. The first-order valence-electron chi connectivity index (χ1n) is 19.0. The van der Waals surface area contributed by atoms with E-state index in [9.17, 15) is 0 Å². The Labute approximate surface area is 330 Å². The molecule has 0 saturated carbocycles. The summed E-state index contributed by atoms with van der Waals surface area (Å²) in [4.78, 5) is 13.6. The van der Waals surface area contributed by atoms with Gasteiger partial charge in [0, 0.05) is 36.2 Å². The second-order valence-corrected chi connectivity index (χ2v) is 16.9. The number of thiophene rings is 1. The van der Waals surface area contributed by atoms with Crippen molar-refractivity contribution in [2.24, 2.45) is 0 Å². The van der Waals surface area contributed by atoms with Crippen molar-refractivity contribution in [3.63, 3.8) is 0 Å². The standard InChI is InChI=1S/C51H29N3S2/c1-2-14-31-29-32(26-25-30(31)13-1)46-49-47(36-18-6-11-23-43(36)55-49)53-50(52-46)54-41-22-10-5-17-35(41)45-42(54)28-27-40-48(45)56-44-24-12-9-21-39(44)51(40)37-19-7-3-15-33(37)34-16-4-8-20-38(34)51/h1-29H. The molecule has 0 bridgehead atoms. The molecule has 2 aliphatic rings. The van der Waals surface area contributed by atoms with Crippen LogP contribution < -0.4 is 0 Å². The van der Waals surface area contributed by atoms with Gasteiger partial charge in [-0.05, 0) is 74.5 Å². The average Bonchev–Trinajstić information content (AvgIpc) is 3.90. The number of hydrogen-bond acceptors (Lipinski definition) is 4. The summed E-state index contributed by atoms with van der Waals surface area (Å²) in [7, 11) is 0. The van der Waals surface area contributed by atoms with Gasteiger partial charge in [0.05, 0.1) is 32.4 Å². The van der Waals surface area contributed by atoms with Crippen LogP contribution in [-0.2, 0) is 5.41 Å². The Morgan fingerprint density at radius 3 is 2.02 bits per heavy atom. The van der Waals surface area contributed by atoms with E-state index in [4.69, 9.17) is 9.97 Å².